The summed E-state index contributed by atoms with van der Waals surface area (Å²) in [5.74, 6) is 0. The lowest BCUT2D eigenvalue weighted by atomic mass is 10.3. The summed E-state index contributed by atoms with van der Waals surface area (Å²) in [5, 5.41) is 9.00. The summed E-state index contributed by atoms with van der Waals surface area (Å²) in [5.41, 5.74) is 5.89. The summed E-state index contributed by atoms with van der Waals surface area (Å²) >= 11 is 8.92. The number of benzene rings is 1. The van der Waals surface area contributed by atoms with Crippen molar-refractivity contribution in [3.05, 3.63) is 21.6 Å². The zero-order chi connectivity index (χ0) is 13.9. The molecule has 1 unspecified atom stereocenters. The van der Waals surface area contributed by atoms with Gasteiger partial charge in [-0.2, -0.15) is 0 Å². The van der Waals surface area contributed by atoms with E-state index in [1.54, 1.807) is 6.92 Å². The summed E-state index contributed by atoms with van der Waals surface area (Å²) in [6.45, 7) is 1.57. The van der Waals surface area contributed by atoms with Crippen LogP contribution >= 0.6 is 27.5 Å². The second-order valence-corrected chi connectivity index (χ2v) is 6.75. The standard InChI is InChI=1S/C10H14BrClN2O3S/c1-6(2-3-15)14-18(16,17)9-5-7(12)4-8(13)10(9)11/h4-6,14-15H,2-3,13H2,1H3. The van der Waals surface area contributed by atoms with Crippen LogP contribution in [-0.4, -0.2) is 26.2 Å². The van der Waals surface area contributed by atoms with E-state index in [1.165, 1.54) is 12.1 Å². The summed E-state index contributed by atoms with van der Waals surface area (Å²) in [6.07, 6.45) is 0.326. The van der Waals surface area contributed by atoms with Crippen molar-refractivity contribution in [2.45, 2.75) is 24.3 Å². The Morgan fingerprint density at radius 1 is 1.56 bits per heavy atom. The lowest BCUT2D eigenvalue weighted by Crippen LogP contribution is -2.33. The molecule has 0 spiro atoms. The second kappa shape index (κ2) is 6.21. The molecule has 0 bridgehead atoms. The SMILES string of the molecule is CC(CCO)NS(=O)(=O)c1cc(Cl)cc(N)c1Br. The number of hydrogen-bond donors (Lipinski definition) is 3. The zero-order valence-corrected chi connectivity index (χ0v) is 12.8. The molecular formula is C10H14BrClN2O3S. The van der Waals surface area contributed by atoms with Gasteiger partial charge in [0.1, 0.15) is 0 Å². The van der Waals surface area contributed by atoms with Crippen molar-refractivity contribution in [2.75, 3.05) is 12.3 Å². The van der Waals surface area contributed by atoms with Gasteiger partial charge in [-0.1, -0.05) is 11.6 Å². The highest BCUT2D eigenvalue weighted by Gasteiger charge is 2.22. The van der Waals surface area contributed by atoms with Crippen LogP contribution in [0.4, 0.5) is 5.69 Å². The first-order chi connectivity index (χ1) is 8.27. The van der Waals surface area contributed by atoms with Crippen molar-refractivity contribution in [1.82, 2.24) is 4.72 Å². The minimum Gasteiger partial charge on any atom is -0.398 e. The van der Waals surface area contributed by atoms with Crippen molar-refractivity contribution in [3.8, 4) is 0 Å². The van der Waals surface area contributed by atoms with E-state index in [0.29, 0.717) is 6.42 Å². The number of hydrogen-bond acceptors (Lipinski definition) is 4. The first kappa shape index (κ1) is 15.7. The van der Waals surface area contributed by atoms with E-state index in [-0.39, 0.29) is 32.7 Å². The van der Waals surface area contributed by atoms with Gasteiger partial charge in [0.05, 0.1) is 9.37 Å². The molecule has 0 aliphatic heterocycles. The Morgan fingerprint density at radius 3 is 2.72 bits per heavy atom. The van der Waals surface area contributed by atoms with Gasteiger partial charge in [-0.3, -0.25) is 0 Å². The van der Waals surface area contributed by atoms with Crippen LogP contribution in [0, 0.1) is 0 Å². The number of rotatable bonds is 5. The van der Waals surface area contributed by atoms with Crippen LogP contribution in [0.2, 0.25) is 5.02 Å². The number of anilines is 1. The van der Waals surface area contributed by atoms with Crippen molar-refractivity contribution >= 4 is 43.2 Å². The van der Waals surface area contributed by atoms with Crippen molar-refractivity contribution in [1.29, 1.82) is 0 Å². The molecule has 5 nitrogen and oxygen atoms in total. The van der Waals surface area contributed by atoms with Gasteiger partial charge in [-0.25, -0.2) is 13.1 Å². The zero-order valence-electron chi connectivity index (χ0n) is 9.65. The van der Waals surface area contributed by atoms with Gasteiger partial charge < -0.3 is 10.8 Å². The number of sulfonamides is 1. The van der Waals surface area contributed by atoms with Crippen molar-refractivity contribution in [3.63, 3.8) is 0 Å². The molecule has 0 saturated carbocycles. The largest absolute Gasteiger partial charge is 0.398 e. The highest BCUT2D eigenvalue weighted by molar-refractivity contribution is 9.10. The maximum atomic E-state index is 12.1. The molecule has 102 valence electrons. The number of aliphatic hydroxyl groups is 1. The monoisotopic (exact) mass is 356 g/mol. The van der Waals surface area contributed by atoms with E-state index in [0.717, 1.165) is 0 Å². The smallest absolute Gasteiger partial charge is 0.242 e. The topological polar surface area (TPSA) is 92.4 Å². The maximum Gasteiger partial charge on any atom is 0.242 e. The number of nitrogen functional groups attached to an aromatic ring is 1. The summed E-state index contributed by atoms with van der Waals surface area (Å²) in [4.78, 5) is -0.0164. The fourth-order valence-corrected chi connectivity index (χ4v) is 3.93. The number of nitrogens with one attached hydrogen (secondary N) is 1. The second-order valence-electron chi connectivity index (χ2n) is 3.84. The molecule has 8 heteroatoms. The fraction of sp³-hybridized carbons (Fsp3) is 0.400. The number of nitrogens with two attached hydrogens (primary N) is 1. The van der Waals surface area contributed by atoms with Crippen LogP contribution in [0.25, 0.3) is 0 Å². The van der Waals surface area contributed by atoms with Gasteiger partial charge in [0.15, 0.2) is 0 Å². The molecular weight excluding hydrogens is 344 g/mol. The van der Waals surface area contributed by atoms with E-state index in [1.807, 2.05) is 0 Å². The van der Waals surface area contributed by atoms with E-state index in [9.17, 15) is 8.42 Å². The average Bonchev–Trinajstić information content (AvgIpc) is 2.22. The molecule has 0 saturated heterocycles. The Kier molecular flexibility index (Phi) is 5.42. The van der Waals surface area contributed by atoms with Gasteiger partial charge in [-0.15, -0.1) is 0 Å². The van der Waals surface area contributed by atoms with E-state index in [4.69, 9.17) is 22.4 Å². The summed E-state index contributed by atoms with van der Waals surface area (Å²) < 4.78 is 26.9. The summed E-state index contributed by atoms with van der Waals surface area (Å²) in [7, 11) is -3.73. The first-order valence-corrected chi connectivity index (χ1v) is 7.81. The van der Waals surface area contributed by atoms with Crippen LogP contribution in [0.1, 0.15) is 13.3 Å². The van der Waals surface area contributed by atoms with Gasteiger partial charge >= 0.3 is 0 Å². The van der Waals surface area contributed by atoms with Crippen LogP contribution < -0.4 is 10.5 Å². The summed E-state index contributed by atoms with van der Waals surface area (Å²) in [6, 6.07) is 2.39. The van der Waals surface area contributed by atoms with Crippen LogP contribution in [0.15, 0.2) is 21.5 Å². The van der Waals surface area contributed by atoms with Gasteiger partial charge in [-0.05, 0) is 41.4 Å². The molecule has 0 aliphatic rings. The van der Waals surface area contributed by atoms with Gasteiger partial charge in [0, 0.05) is 23.4 Å². The molecule has 1 rings (SSSR count). The third kappa shape index (κ3) is 3.83. The predicted octanol–water partition coefficient (Wildman–Crippen LogP) is 1.73. The molecule has 0 fully saturated rings. The highest BCUT2D eigenvalue weighted by Crippen LogP contribution is 2.31. The quantitative estimate of drug-likeness (QED) is 0.700. The number of halogens is 2. The van der Waals surface area contributed by atoms with Crippen LogP contribution in [0.3, 0.4) is 0 Å². The first-order valence-electron chi connectivity index (χ1n) is 5.15. The third-order valence-corrected chi connectivity index (χ3v) is 5.22. The molecule has 0 radical (unpaired) electrons. The molecule has 0 heterocycles. The van der Waals surface area contributed by atoms with Crippen LogP contribution in [-0.2, 0) is 10.0 Å². The minimum atomic E-state index is -3.73. The maximum absolute atomic E-state index is 12.1. The Morgan fingerprint density at radius 2 is 2.17 bits per heavy atom. The Labute approximate surface area is 120 Å². The van der Waals surface area contributed by atoms with Crippen molar-refractivity contribution in [2.24, 2.45) is 0 Å². The lowest BCUT2D eigenvalue weighted by Gasteiger charge is -2.15. The molecule has 1 aromatic rings. The molecule has 0 aliphatic carbocycles. The lowest BCUT2D eigenvalue weighted by molar-refractivity contribution is 0.275. The van der Waals surface area contributed by atoms with E-state index >= 15 is 0 Å². The predicted molar refractivity (Wildman–Crippen MR) is 75.1 cm³/mol. The van der Waals surface area contributed by atoms with Gasteiger partial charge in [0.25, 0.3) is 0 Å². The molecule has 0 aromatic heterocycles. The van der Waals surface area contributed by atoms with Crippen LogP contribution in [0.5, 0.6) is 0 Å². The highest BCUT2D eigenvalue weighted by atomic mass is 79.9. The Bertz CT molecular complexity index is 536. The van der Waals surface area contributed by atoms with E-state index < -0.39 is 10.0 Å². The Balaban J connectivity index is 3.13. The molecule has 1 atom stereocenters. The average molecular weight is 358 g/mol. The van der Waals surface area contributed by atoms with Gasteiger partial charge in [0.2, 0.25) is 10.0 Å². The molecule has 1 aromatic carbocycles. The third-order valence-electron chi connectivity index (χ3n) is 2.24. The normalized spacial score (nSPS) is 13.6. The molecule has 18 heavy (non-hydrogen) atoms. The minimum absolute atomic E-state index is 0.0164. The van der Waals surface area contributed by atoms with Crippen molar-refractivity contribution < 1.29 is 13.5 Å². The number of aliphatic hydroxyl groups excluding tert-OH is 1. The molecule has 4 N–H and O–H groups in total. The van der Waals surface area contributed by atoms with E-state index in [2.05, 4.69) is 20.7 Å². The Hall–Kier alpha value is -0.340. The molecule has 0 amide bonds. The fourth-order valence-electron chi connectivity index (χ4n) is 1.36.